The zero-order valence-corrected chi connectivity index (χ0v) is 15.3. The summed E-state index contributed by atoms with van der Waals surface area (Å²) < 4.78 is 0. The molecular weight excluding hydrogens is 358 g/mol. The highest BCUT2D eigenvalue weighted by molar-refractivity contribution is 6.04. The van der Waals surface area contributed by atoms with Crippen molar-refractivity contribution in [3.63, 3.8) is 0 Å². The standard InChI is InChI=1S/C20H21N5O3/c21-18(23-19(26)15-7-4-10-22-11-15)17-9-8-16-12-24(17)20(27)25(16)28-13-14-5-2-1-3-6-14/h1-7,10-11,16-17H,8-9,12-13H2,(H2,21,23,26)/t16-,17+/m1/s1. The van der Waals surface area contributed by atoms with Crippen LogP contribution in [-0.2, 0) is 11.4 Å². The van der Waals surface area contributed by atoms with E-state index >= 15 is 0 Å². The lowest BCUT2D eigenvalue weighted by Crippen LogP contribution is -2.48. The number of carbonyl (C=O) groups is 2. The normalized spacial score (nSPS) is 21.9. The van der Waals surface area contributed by atoms with Crippen molar-refractivity contribution in [3.05, 3.63) is 66.0 Å². The predicted molar refractivity (Wildman–Crippen MR) is 102 cm³/mol. The quantitative estimate of drug-likeness (QED) is 0.632. The molecular formula is C20H21N5O3. The van der Waals surface area contributed by atoms with Crippen LogP contribution in [-0.4, -0.2) is 51.3 Å². The molecule has 1 aromatic carbocycles. The molecule has 8 heteroatoms. The second kappa shape index (κ2) is 7.77. The molecule has 2 aromatic rings. The van der Waals surface area contributed by atoms with Gasteiger partial charge >= 0.3 is 6.03 Å². The Morgan fingerprint density at radius 2 is 2.04 bits per heavy atom. The van der Waals surface area contributed by atoms with Crippen molar-refractivity contribution in [2.45, 2.75) is 31.5 Å². The fraction of sp³-hybridized carbons (Fsp3) is 0.300. The third kappa shape index (κ3) is 3.59. The Morgan fingerprint density at radius 1 is 1.21 bits per heavy atom. The fourth-order valence-corrected chi connectivity index (χ4v) is 3.57. The maximum absolute atomic E-state index is 12.8. The van der Waals surface area contributed by atoms with Gasteiger partial charge in [0, 0.05) is 18.9 Å². The van der Waals surface area contributed by atoms with Gasteiger partial charge < -0.3 is 10.6 Å². The number of carbonyl (C=O) groups excluding carboxylic acids is 2. The van der Waals surface area contributed by atoms with Crippen molar-refractivity contribution in [3.8, 4) is 0 Å². The molecule has 2 atom stereocenters. The van der Waals surface area contributed by atoms with E-state index in [4.69, 9.17) is 10.6 Å². The number of hydroxylamine groups is 2. The first-order valence-electron chi connectivity index (χ1n) is 9.18. The first kappa shape index (κ1) is 18.1. The molecule has 1 aromatic heterocycles. The van der Waals surface area contributed by atoms with Crippen molar-refractivity contribution in [1.82, 2.24) is 14.9 Å². The van der Waals surface area contributed by atoms with Gasteiger partial charge in [-0.05, 0) is 30.5 Å². The summed E-state index contributed by atoms with van der Waals surface area (Å²) >= 11 is 0. The molecule has 0 saturated carbocycles. The van der Waals surface area contributed by atoms with Gasteiger partial charge in [0.05, 0.1) is 17.6 Å². The largest absolute Gasteiger partial charge is 0.385 e. The molecule has 0 radical (unpaired) electrons. The fourth-order valence-electron chi connectivity index (χ4n) is 3.57. The minimum absolute atomic E-state index is 0.0192. The molecule has 0 aliphatic carbocycles. The Bertz CT molecular complexity index is 887. The number of amides is 3. The molecule has 0 unspecified atom stereocenters. The summed E-state index contributed by atoms with van der Waals surface area (Å²) in [6.45, 7) is 0.834. The summed E-state index contributed by atoms with van der Waals surface area (Å²) in [6, 6.07) is 12.3. The van der Waals surface area contributed by atoms with Crippen LogP contribution >= 0.6 is 0 Å². The molecule has 3 heterocycles. The number of aromatic nitrogens is 1. The summed E-state index contributed by atoms with van der Waals surface area (Å²) in [7, 11) is 0. The van der Waals surface area contributed by atoms with Crippen LogP contribution in [0.4, 0.5) is 4.79 Å². The number of amidine groups is 1. The maximum atomic E-state index is 12.8. The van der Waals surface area contributed by atoms with Crippen molar-refractivity contribution in [2.24, 2.45) is 10.7 Å². The molecule has 2 saturated heterocycles. The van der Waals surface area contributed by atoms with E-state index in [1.807, 2.05) is 30.3 Å². The number of urea groups is 1. The van der Waals surface area contributed by atoms with Crippen LogP contribution in [0.15, 0.2) is 59.9 Å². The van der Waals surface area contributed by atoms with E-state index in [1.165, 1.54) is 11.3 Å². The highest BCUT2D eigenvalue weighted by atomic mass is 16.7. The van der Waals surface area contributed by atoms with E-state index < -0.39 is 11.9 Å². The molecule has 2 bridgehead atoms. The summed E-state index contributed by atoms with van der Waals surface area (Å²) in [5, 5.41) is 1.43. The van der Waals surface area contributed by atoms with Crippen molar-refractivity contribution < 1.29 is 14.4 Å². The van der Waals surface area contributed by atoms with E-state index in [9.17, 15) is 9.59 Å². The number of piperidine rings is 1. The average Bonchev–Trinajstić information content (AvgIpc) is 2.97. The van der Waals surface area contributed by atoms with Crippen LogP contribution in [0, 0.1) is 0 Å². The van der Waals surface area contributed by atoms with Crippen molar-refractivity contribution in [2.75, 3.05) is 6.54 Å². The van der Waals surface area contributed by atoms with Crippen molar-refractivity contribution >= 4 is 17.8 Å². The third-order valence-corrected chi connectivity index (χ3v) is 5.02. The van der Waals surface area contributed by atoms with Gasteiger partial charge in [0.15, 0.2) is 0 Å². The first-order valence-corrected chi connectivity index (χ1v) is 9.18. The van der Waals surface area contributed by atoms with E-state index in [2.05, 4.69) is 9.98 Å². The summed E-state index contributed by atoms with van der Waals surface area (Å²) in [5.41, 5.74) is 7.45. The Kier molecular flexibility index (Phi) is 5.03. The van der Waals surface area contributed by atoms with Crippen LogP contribution in [0.2, 0.25) is 0 Å². The Labute approximate surface area is 162 Å². The van der Waals surface area contributed by atoms with Gasteiger partial charge in [-0.15, -0.1) is 0 Å². The molecule has 144 valence electrons. The summed E-state index contributed by atoms with van der Waals surface area (Å²) in [5.74, 6) is -0.317. The van der Waals surface area contributed by atoms with E-state index in [0.717, 1.165) is 12.0 Å². The van der Waals surface area contributed by atoms with Gasteiger partial charge in [0.2, 0.25) is 0 Å². The van der Waals surface area contributed by atoms with Crippen LogP contribution < -0.4 is 5.73 Å². The highest BCUT2D eigenvalue weighted by Crippen LogP contribution is 2.30. The van der Waals surface area contributed by atoms with Crippen LogP contribution in [0.1, 0.15) is 28.8 Å². The predicted octanol–water partition coefficient (Wildman–Crippen LogP) is 1.98. The Hall–Kier alpha value is -3.26. The number of rotatable bonds is 5. The minimum atomic E-state index is -0.462. The molecule has 2 aliphatic heterocycles. The van der Waals surface area contributed by atoms with Gasteiger partial charge in [-0.25, -0.2) is 4.79 Å². The van der Waals surface area contributed by atoms with Crippen LogP contribution in [0.3, 0.4) is 0 Å². The van der Waals surface area contributed by atoms with Crippen LogP contribution in [0.25, 0.3) is 0 Å². The maximum Gasteiger partial charge on any atom is 0.344 e. The van der Waals surface area contributed by atoms with Gasteiger partial charge in [-0.1, -0.05) is 30.3 Å². The molecule has 3 amide bonds. The number of nitrogens with two attached hydrogens (primary N) is 1. The van der Waals surface area contributed by atoms with Crippen LogP contribution in [0.5, 0.6) is 0 Å². The smallest absolute Gasteiger partial charge is 0.344 e. The number of benzene rings is 1. The van der Waals surface area contributed by atoms with E-state index in [1.54, 1.807) is 23.2 Å². The monoisotopic (exact) mass is 379 g/mol. The number of nitrogens with zero attached hydrogens (tertiary/aromatic N) is 4. The molecule has 2 N–H and O–H groups in total. The lowest BCUT2D eigenvalue weighted by atomic mass is 10.00. The number of hydrogen-bond acceptors (Lipinski definition) is 4. The Morgan fingerprint density at radius 3 is 2.79 bits per heavy atom. The Balaban J connectivity index is 1.44. The first-order chi connectivity index (χ1) is 13.6. The second-order valence-corrected chi connectivity index (χ2v) is 6.85. The SMILES string of the molecule is NC(=NC(=O)c1cccnc1)[C@@H]1CC[C@@H]2CN1C(=O)N2OCc1ccccc1. The van der Waals surface area contributed by atoms with Gasteiger partial charge in [0.1, 0.15) is 12.4 Å². The number of hydrogen-bond donors (Lipinski definition) is 1. The molecule has 0 spiro atoms. The molecule has 4 rings (SSSR count). The highest BCUT2D eigenvalue weighted by Gasteiger charge is 2.46. The average molecular weight is 379 g/mol. The zero-order valence-electron chi connectivity index (χ0n) is 15.3. The minimum Gasteiger partial charge on any atom is -0.385 e. The van der Waals surface area contributed by atoms with E-state index in [-0.39, 0.29) is 17.9 Å². The number of fused-ring (bicyclic) bond motifs is 2. The van der Waals surface area contributed by atoms with E-state index in [0.29, 0.717) is 25.1 Å². The number of pyridine rings is 1. The third-order valence-electron chi connectivity index (χ3n) is 5.02. The summed E-state index contributed by atoms with van der Waals surface area (Å²) in [4.78, 5) is 40.4. The van der Waals surface area contributed by atoms with Gasteiger partial charge in [-0.2, -0.15) is 10.1 Å². The molecule has 28 heavy (non-hydrogen) atoms. The van der Waals surface area contributed by atoms with Gasteiger partial charge in [0.25, 0.3) is 5.91 Å². The lowest BCUT2D eigenvalue weighted by Gasteiger charge is -2.29. The second-order valence-electron chi connectivity index (χ2n) is 6.85. The van der Waals surface area contributed by atoms with Gasteiger partial charge in [-0.3, -0.25) is 14.6 Å². The molecule has 8 nitrogen and oxygen atoms in total. The lowest BCUT2D eigenvalue weighted by molar-refractivity contribution is -0.140. The molecule has 2 fully saturated rings. The summed E-state index contributed by atoms with van der Waals surface area (Å²) in [6.07, 6.45) is 4.39. The topological polar surface area (TPSA) is 101 Å². The van der Waals surface area contributed by atoms with Crippen molar-refractivity contribution in [1.29, 1.82) is 0 Å². The zero-order chi connectivity index (χ0) is 19.5. The number of aliphatic imine (C=N–C) groups is 1. The molecule has 2 aliphatic rings.